The molecular weight excluding hydrogens is 330 g/mol. The zero-order valence-electron chi connectivity index (χ0n) is 15.1. The molecule has 26 heavy (non-hydrogen) atoms. The van der Waals surface area contributed by atoms with Crippen molar-refractivity contribution in [1.29, 1.82) is 0 Å². The Labute approximate surface area is 153 Å². The monoisotopic (exact) mass is 355 g/mol. The lowest BCUT2D eigenvalue weighted by atomic mass is 10.2. The molecule has 1 amide bonds. The van der Waals surface area contributed by atoms with Crippen LogP contribution in [0.4, 0.5) is 11.6 Å². The van der Waals surface area contributed by atoms with Crippen LogP contribution in [0.1, 0.15) is 18.4 Å². The lowest BCUT2D eigenvalue weighted by Crippen LogP contribution is -2.32. The van der Waals surface area contributed by atoms with Crippen LogP contribution < -0.4 is 20.3 Å². The number of carbonyl (C=O) groups is 1. The number of aromatic nitrogens is 2. The molecule has 0 aliphatic carbocycles. The quantitative estimate of drug-likeness (QED) is 0.705. The molecule has 1 aliphatic heterocycles. The molecule has 1 aromatic carbocycles. The molecule has 0 bridgehead atoms. The van der Waals surface area contributed by atoms with Crippen LogP contribution in [0, 0.1) is 6.92 Å². The minimum absolute atomic E-state index is 0.00960. The van der Waals surface area contributed by atoms with Crippen LogP contribution in [0.25, 0.3) is 0 Å². The van der Waals surface area contributed by atoms with Gasteiger partial charge < -0.3 is 20.3 Å². The molecule has 138 valence electrons. The van der Waals surface area contributed by atoms with Gasteiger partial charge in [-0.05, 0) is 31.9 Å². The maximum Gasteiger partial charge on any atom is 0.258 e. The number of aryl methyl sites for hydroxylation is 1. The average Bonchev–Trinajstić information content (AvgIpc) is 3.20. The standard InChI is InChI=1S/C19H25N5O2/c1-15-4-6-16(7-5-15)26-13-19(25)21-9-8-20-17-12-18(23-14-22-17)24-10-2-3-11-24/h4-7,12,14H,2-3,8-11,13H2,1H3,(H,21,25)(H,20,22,23). The van der Waals surface area contributed by atoms with Crippen molar-refractivity contribution >= 4 is 17.5 Å². The van der Waals surface area contributed by atoms with Gasteiger partial charge in [0.05, 0.1) is 0 Å². The van der Waals surface area contributed by atoms with Gasteiger partial charge >= 0.3 is 0 Å². The van der Waals surface area contributed by atoms with Crippen molar-refractivity contribution < 1.29 is 9.53 Å². The SMILES string of the molecule is Cc1ccc(OCC(=O)NCCNc2cc(N3CCCC3)ncn2)cc1. The molecule has 2 heterocycles. The van der Waals surface area contributed by atoms with Crippen LogP contribution in [-0.4, -0.2) is 48.7 Å². The molecule has 0 unspecified atom stereocenters. The summed E-state index contributed by atoms with van der Waals surface area (Å²) in [4.78, 5) is 22.6. The fourth-order valence-corrected chi connectivity index (χ4v) is 2.79. The number of hydrogen-bond donors (Lipinski definition) is 2. The van der Waals surface area contributed by atoms with Gasteiger partial charge in [0, 0.05) is 32.2 Å². The number of hydrogen-bond acceptors (Lipinski definition) is 6. The average molecular weight is 355 g/mol. The molecule has 2 aromatic rings. The maximum atomic E-state index is 11.8. The highest BCUT2D eigenvalue weighted by atomic mass is 16.5. The molecule has 0 spiro atoms. The van der Waals surface area contributed by atoms with Gasteiger partial charge in [-0.25, -0.2) is 9.97 Å². The third-order valence-electron chi connectivity index (χ3n) is 4.23. The van der Waals surface area contributed by atoms with E-state index in [1.54, 1.807) is 6.33 Å². The Morgan fingerprint density at radius 2 is 1.92 bits per heavy atom. The summed E-state index contributed by atoms with van der Waals surface area (Å²) < 4.78 is 5.45. The van der Waals surface area contributed by atoms with E-state index in [-0.39, 0.29) is 12.5 Å². The van der Waals surface area contributed by atoms with E-state index in [1.807, 2.05) is 37.3 Å². The molecular formula is C19H25N5O2. The van der Waals surface area contributed by atoms with Crippen molar-refractivity contribution in [3.63, 3.8) is 0 Å². The van der Waals surface area contributed by atoms with E-state index in [9.17, 15) is 4.79 Å². The smallest absolute Gasteiger partial charge is 0.258 e. The summed E-state index contributed by atoms with van der Waals surface area (Å²) in [6.07, 6.45) is 4.00. The maximum absolute atomic E-state index is 11.8. The molecule has 2 N–H and O–H groups in total. The first kappa shape index (κ1) is 18.0. The number of nitrogens with zero attached hydrogens (tertiary/aromatic N) is 3. The van der Waals surface area contributed by atoms with E-state index in [0.717, 1.165) is 30.3 Å². The second kappa shape index (κ2) is 9.03. The molecule has 1 saturated heterocycles. The lowest BCUT2D eigenvalue weighted by molar-refractivity contribution is -0.123. The molecule has 0 atom stereocenters. The fourth-order valence-electron chi connectivity index (χ4n) is 2.79. The minimum Gasteiger partial charge on any atom is -0.484 e. The van der Waals surface area contributed by atoms with Crippen LogP contribution in [0.15, 0.2) is 36.7 Å². The van der Waals surface area contributed by atoms with Crippen LogP contribution in [0.2, 0.25) is 0 Å². The predicted molar refractivity (Wildman–Crippen MR) is 102 cm³/mol. The highest BCUT2D eigenvalue weighted by Gasteiger charge is 2.13. The van der Waals surface area contributed by atoms with Gasteiger partial charge in [-0.2, -0.15) is 0 Å². The van der Waals surface area contributed by atoms with Gasteiger partial charge in [0.15, 0.2) is 6.61 Å². The molecule has 7 heteroatoms. The molecule has 3 rings (SSSR count). The highest BCUT2D eigenvalue weighted by molar-refractivity contribution is 5.77. The Morgan fingerprint density at radius 3 is 2.69 bits per heavy atom. The number of amides is 1. The van der Waals surface area contributed by atoms with Gasteiger partial charge in [-0.1, -0.05) is 17.7 Å². The summed E-state index contributed by atoms with van der Waals surface area (Å²) in [5.74, 6) is 2.27. The van der Waals surface area contributed by atoms with Gasteiger partial charge in [0.2, 0.25) is 0 Å². The number of nitrogens with one attached hydrogen (secondary N) is 2. The molecule has 0 saturated carbocycles. The van der Waals surface area contributed by atoms with Gasteiger partial charge in [0.1, 0.15) is 23.7 Å². The number of anilines is 2. The number of carbonyl (C=O) groups excluding carboxylic acids is 1. The number of ether oxygens (including phenoxy) is 1. The van der Waals surface area contributed by atoms with Crippen molar-refractivity contribution in [3.05, 3.63) is 42.2 Å². The Morgan fingerprint density at radius 1 is 1.15 bits per heavy atom. The molecule has 1 aromatic heterocycles. The van der Waals surface area contributed by atoms with E-state index < -0.39 is 0 Å². The lowest BCUT2D eigenvalue weighted by Gasteiger charge is -2.16. The Balaban J connectivity index is 1.35. The van der Waals surface area contributed by atoms with Crippen molar-refractivity contribution in [2.24, 2.45) is 0 Å². The van der Waals surface area contributed by atoms with Crippen LogP contribution >= 0.6 is 0 Å². The first-order valence-electron chi connectivity index (χ1n) is 8.98. The van der Waals surface area contributed by atoms with E-state index in [0.29, 0.717) is 18.8 Å². The minimum atomic E-state index is -0.146. The first-order valence-corrected chi connectivity index (χ1v) is 8.98. The largest absolute Gasteiger partial charge is 0.484 e. The van der Waals surface area contributed by atoms with E-state index in [1.165, 1.54) is 12.8 Å². The topological polar surface area (TPSA) is 79.4 Å². The second-order valence-corrected chi connectivity index (χ2v) is 6.33. The number of rotatable bonds is 8. The van der Waals surface area contributed by atoms with Gasteiger partial charge in [-0.15, -0.1) is 0 Å². The summed E-state index contributed by atoms with van der Waals surface area (Å²) in [5.41, 5.74) is 1.16. The third kappa shape index (κ3) is 5.34. The fraction of sp³-hybridized carbons (Fsp3) is 0.421. The summed E-state index contributed by atoms with van der Waals surface area (Å²) in [6, 6.07) is 9.58. The van der Waals surface area contributed by atoms with Crippen molar-refractivity contribution in [2.75, 3.05) is 43.0 Å². The van der Waals surface area contributed by atoms with Crippen LogP contribution in [0.3, 0.4) is 0 Å². The first-order chi connectivity index (χ1) is 12.7. The Hall–Kier alpha value is -2.83. The predicted octanol–water partition coefficient (Wildman–Crippen LogP) is 1.99. The molecule has 1 fully saturated rings. The summed E-state index contributed by atoms with van der Waals surface area (Å²) >= 11 is 0. The zero-order chi connectivity index (χ0) is 18.2. The Bertz CT molecular complexity index is 714. The zero-order valence-corrected chi connectivity index (χ0v) is 15.1. The van der Waals surface area contributed by atoms with E-state index >= 15 is 0 Å². The normalized spacial score (nSPS) is 13.5. The highest BCUT2D eigenvalue weighted by Crippen LogP contribution is 2.19. The summed E-state index contributed by atoms with van der Waals surface area (Å²) in [7, 11) is 0. The van der Waals surface area contributed by atoms with Crippen LogP contribution in [-0.2, 0) is 4.79 Å². The van der Waals surface area contributed by atoms with Crippen molar-refractivity contribution in [2.45, 2.75) is 19.8 Å². The van der Waals surface area contributed by atoms with Crippen LogP contribution in [0.5, 0.6) is 5.75 Å². The second-order valence-electron chi connectivity index (χ2n) is 6.33. The van der Waals surface area contributed by atoms with Gasteiger partial charge in [0.25, 0.3) is 5.91 Å². The van der Waals surface area contributed by atoms with E-state index in [2.05, 4.69) is 25.5 Å². The Kier molecular flexibility index (Phi) is 6.24. The summed E-state index contributed by atoms with van der Waals surface area (Å²) in [6.45, 7) is 5.21. The number of benzene rings is 1. The molecule has 7 nitrogen and oxygen atoms in total. The molecule has 1 aliphatic rings. The van der Waals surface area contributed by atoms with Gasteiger partial charge in [-0.3, -0.25) is 4.79 Å². The van der Waals surface area contributed by atoms with E-state index in [4.69, 9.17) is 4.74 Å². The summed E-state index contributed by atoms with van der Waals surface area (Å²) in [5, 5.41) is 6.03. The van der Waals surface area contributed by atoms with Crippen molar-refractivity contribution in [1.82, 2.24) is 15.3 Å². The molecule has 0 radical (unpaired) electrons. The third-order valence-corrected chi connectivity index (χ3v) is 4.23. The van der Waals surface area contributed by atoms with Crippen molar-refractivity contribution in [3.8, 4) is 5.75 Å².